The van der Waals surface area contributed by atoms with Crippen molar-refractivity contribution in [2.75, 3.05) is 19.8 Å². The predicted octanol–water partition coefficient (Wildman–Crippen LogP) is 12.9. The Morgan fingerprint density at radius 2 is 0.957 bits per heavy atom. The van der Waals surface area contributed by atoms with Crippen molar-refractivity contribution in [2.24, 2.45) is 0 Å². The first-order valence-electron chi connectivity index (χ1n) is 28.9. The molecule has 0 aromatic carbocycles. The maximum Gasteiger partial charge on any atom is 0.305 e. The van der Waals surface area contributed by atoms with Crippen molar-refractivity contribution in [3.8, 4) is 0 Å². The Bertz CT molecular complexity index is 1300. The summed E-state index contributed by atoms with van der Waals surface area (Å²) in [4.78, 5) is 25.0. The van der Waals surface area contributed by atoms with Crippen molar-refractivity contribution in [2.45, 2.75) is 294 Å². The van der Waals surface area contributed by atoms with Gasteiger partial charge in [-0.15, -0.1) is 0 Å². The zero-order valence-corrected chi connectivity index (χ0v) is 44.7. The Kier molecular flexibility index (Phi) is 45.8. The molecule has 11 nitrogen and oxygen atoms in total. The fourth-order valence-corrected chi connectivity index (χ4v) is 8.75. The van der Waals surface area contributed by atoms with Gasteiger partial charge in [-0.2, -0.15) is 0 Å². The minimum absolute atomic E-state index is 0.0430. The minimum atomic E-state index is -1.58. The first kappa shape index (κ1) is 65.6. The normalized spacial score (nSPS) is 19.6. The van der Waals surface area contributed by atoms with E-state index in [1.54, 1.807) is 6.08 Å². The molecule has 1 fully saturated rings. The molecule has 0 aromatic rings. The summed E-state index contributed by atoms with van der Waals surface area (Å²) in [6.07, 6.45) is 50.4. The number of unbranched alkanes of at least 4 members (excludes halogenated alkanes) is 29. The van der Waals surface area contributed by atoms with E-state index in [1.165, 1.54) is 128 Å². The molecule has 1 rings (SSSR count). The van der Waals surface area contributed by atoms with Gasteiger partial charge in [-0.1, -0.05) is 191 Å². The zero-order valence-electron chi connectivity index (χ0n) is 44.7. The summed E-state index contributed by atoms with van der Waals surface area (Å²) in [7, 11) is 0. The fraction of sp³-hybridized carbons (Fsp3) is 0.831. The van der Waals surface area contributed by atoms with E-state index in [2.05, 4.69) is 55.6 Å². The number of aliphatic hydroxyl groups excluding tert-OH is 5. The Hall–Kier alpha value is -2.38. The summed E-state index contributed by atoms with van der Waals surface area (Å²) in [5.74, 6) is -0.242. The van der Waals surface area contributed by atoms with E-state index in [0.717, 1.165) is 96.3 Å². The maximum atomic E-state index is 13.0. The highest BCUT2D eigenvalue weighted by Gasteiger charge is 2.44. The quantitative estimate of drug-likeness (QED) is 0.0196. The number of hydrogen-bond donors (Lipinski definition) is 6. The van der Waals surface area contributed by atoms with Gasteiger partial charge in [0.2, 0.25) is 5.91 Å². The molecule has 1 amide bonds. The summed E-state index contributed by atoms with van der Waals surface area (Å²) >= 11 is 0. The molecular weight excluding hydrogens is 883 g/mol. The van der Waals surface area contributed by atoms with Gasteiger partial charge in [-0.05, 0) is 96.3 Å². The lowest BCUT2D eigenvalue weighted by atomic mass is 9.99. The maximum absolute atomic E-state index is 13.0. The van der Waals surface area contributed by atoms with Crippen LogP contribution in [0.3, 0.4) is 0 Å². The average Bonchev–Trinajstić information content (AvgIpc) is 3.36. The number of allylic oxidation sites excluding steroid dienone is 7. The Morgan fingerprint density at radius 3 is 1.49 bits per heavy atom. The van der Waals surface area contributed by atoms with Crippen LogP contribution < -0.4 is 5.32 Å². The van der Waals surface area contributed by atoms with Crippen LogP contribution in [0.15, 0.2) is 48.6 Å². The Balaban J connectivity index is 2.16. The molecule has 0 radical (unpaired) electrons. The van der Waals surface area contributed by atoms with Crippen LogP contribution in [0.4, 0.5) is 0 Å². The minimum Gasteiger partial charge on any atom is -0.466 e. The zero-order chi connectivity index (χ0) is 51.0. The molecule has 0 aliphatic carbocycles. The topological polar surface area (TPSA) is 175 Å². The Labute approximate surface area is 427 Å². The van der Waals surface area contributed by atoms with Crippen molar-refractivity contribution in [1.29, 1.82) is 0 Å². The number of aliphatic hydroxyl groups is 5. The molecule has 1 saturated heterocycles. The van der Waals surface area contributed by atoms with Gasteiger partial charge < -0.3 is 45.1 Å². The molecular formula is C59H107NO10. The molecule has 1 aliphatic heterocycles. The second kappa shape index (κ2) is 48.9. The highest BCUT2D eigenvalue weighted by Crippen LogP contribution is 2.23. The Morgan fingerprint density at radius 1 is 0.529 bits per heavy atom. The largest absolute Gasteiger partial charge is 0.466 e. The molecule has 408 valence electrons. The van der Waals surface area contributed by atoms with Crippen LogP contribution >= 0.6 is 0 Å². The highest BCUT2D eigenvalue weighted by atomic mass is 16.7. The van der Waals surface area contributed by atoms with Crippen LogP contribution in [0.2, 0.25) is 0 Å². The number of amides is 1. The molecule has 0 bridgehead atoms. The molecule has 7 atom stereocenters. The van der Waals surface area contributed by atoms with E-state index < -0.39 is 49.5 Å². The van der Waals surface area contributed by atoms with Crippen LogP contribution in [-0.2, 0) is 23.8 Å². The molecule has 1 aliphatic rings. The molecule has 0 aromatic heterocycles. The predicted molar refractivity (Wildman–Crippen MR) is 287 cm³/mol. The lowest BCUT2D eigenvalue weighted by Crippen LogP contribution is -2.60. The molecule has 7 unspecified atom stereocenters. The average molecular weight is 991 g/mol. The molecule has 0 spiro atoms. The third-order valence-electron chi connectivity index (χ3n) is 13.4. The van der Waals surface area contributed by atoms with E-state index in [4.69, 9.17) is 14.2 Å². The van der Waals surface area contributed by atoms with Crippen molar-refractivity contribution in [1.82, 2.24) is 5.32 Å². The van der Waals surface area contributed by atoms with Gasteiger partial charge in [-0.25, -0.2) is 0 Å². The summed E-state index contributed by atoms with van der Waals surface area (Å²) in [6.45, 7) is 4.25. The van der Waals surface area contributed by atoms with E-state index in [-0.39, 0.29) is 18.5 Å². The molecule has 1 heterocycles. The monoisotopic (exact) mass is 990 g/mol. The van der Waals surface area contributed by atoms with Gasteiger partial charge in [0.25, 0.3) is 0 Å². The SMILES string of the molecule is CCCCC/C=C\CCCCCCCC(=O)OCCCCC/C=C\C/C=C\CCCCCCCCCC(=O)NC(COC1OC(CO)C(O)C(O)C1O)C(O)/C=C/CCCCCCCCCCCCC. The molecule has 11 heteroatoms. The fourth-order valence-electron chi connectivity index (χ4n) is 8.75. The van der Waals surface area contributed by atoms with Gasteiger partial charge in [0.1, 0.15) is 24.4 Å². The van der Waals surface area contributed by atoms with E-state index in [9.17, 15) is 35.1 Å². The van der Waals surface area contributed by atoms with Crippen molar-refractivity contribution in [3.05, 3.63) is 48.6 Å². The number of nitrogens with one attached hydrogen (secondary N) is 1. The summed E-state index contributed by atoms with van der Waals surface area (Å²) in [6, 6.07) is -0.823. The second-order valence-electron chi connectivity index (χ2n) is 20.0. The van der Waals surface area contributed by atoms with Gasteiger partial charge in [-0.3, -0.25) is 9.59 Å². The second-order valence-corrected chi connectivity index (χ2v) is 20.0. The van der Waals surface area contributed by atoms with Crippen LogP contribution in [0.25, 0.3) is 0 Å². The summed E-state index contributed by atoms with van der Waals surface area (Å²) in [5.41, 5.74) is 0. The van der Waals surface area contributed by atoms with Crippen molar-refractivity contribution in [3.63, 3.8) is 0 Å². The number of carbonyl (C=O) groups excluding carboxylic acids is 2. The number of rotatable bonds is 49. The summed E-state index contributed by atoms with van der Waals surface area (Å²) in [5, 5.41) is 54.3. The van der Waals surface area contributed by atoms with E-state index in [0.29, 0.717) is 19.4 Å². The first-order chi connectivity index (χ1) is 34.2. The van der Waals surface area contributed by atoms with Gasteiger partial charge in [0, 0.05) is 12.8 Å². The number of hydrogen-bond acceptors (Lipinski definition) is 10. The first-order valence-corrected chi connectivity index (χ1v) is 28.9. The van der Waals surface area contributed by atoms with E-state index in [1.807, 2.05) is 6.08 Å². The standard InChI is InChI=1S/C59H107NO10/c1-3-5-7-9-11-13-15-22-25-29-33-37-41-45-52(62)51(50-69-59-58(67)57(66)56(65)53(49-61)70-59)60-54(63)46-42-38-34-30-26-23-20-18-17-19-21-24-28-32-36-40-44-48-68-55(64)47-43-39-35-31-27-16-14-12-10-8-6-4-2/h12,14,17,19,24,28,41,45,51-53,56-59,61-62,65-67H,3-11,13,15-16,18,20-23,25-27,29-40,42-44,46-50H2,1-2H3,(H,60,63)/b14-12-,19-17-,28-24-,45-41+. The van der Waals surface area contributed by atoms with Gasteiger partial charge in [0.15, 0.2) is 6.29 Å². The molecule has 70 heavy (non-hydrogen) atoms. The van der Waals surface area contributed by atoms with Crippen molar-refractivity contribution >= 4 is 11.9 Å². The van der Waals surface area contributed by atoms with Crippen LogP contribution in [-0.4, -0.2) is 100 Å². The lowest BCUT2D eigenvalue weighted by molar-refractivity contribution is -0.302. The van der Waals surface area contributed by atoms with Crippen LogP contribution in [0, 0.1) is 0 Å². The van der Waals surface area contributed by atoms with Crippen LogP contribution in [0.1, 0.15) is 251 Å². The van der Waals surface area contributed by atoms with Crippen molar-refractivity contribution < 1.29 is 49.3 Å². The van der Waals surface area contributed by atoms with E-state index >= 15 is 0 Å². The lowest BCUT2D eigenvalue weighted by Gasteiger charge is -2.40. The van der Waals surface area contributed by atoms with Gasteiger partial charge in [0.05, 0.1) is 32.0 Å². The number of esters is 1. The number of ether oxygens (including phenoxy) is 3. The smallest absolute Gasteiger partial charge is 0.305 e. The molecule has 0 saturated carbocycles. The molecule has 6 N–H and O–H groups in total. The third kappa shape index (κ3) is 38.3. The number of carbonyl (C=O) groups is 2. The van der Waals surface area contributed by atoms with Gasteiger partial charge >= 0.3 is 5.97 Å². The third-order valence-corrected chi connectivity index (χ3v) is 13.4. The highest BCUT2D eigenvalue weighted by molar-refractivity contribution is 5.76. The summed E-state index contributed by atoms with van der Waals surface area (Å²) < 4.78 is 16.7. The van der Waals surface area contributed by atoms with Crippen LogP contribution in [0.5, 0.6) is 0 Å².